The third-order valence-corrected chi connectivity index (χ3v) is 3.60. The van der Waals surface area contributed by atoms with E-state index >= 15 is 0 Å². The maximum Gasteiger partial charge on any atom is 0.150 e. The maximum atomic E-state index is 10.9. The fraction of sp³-hybridized carbons (Fsp3) is 0.286. The number of benzene rings is 1. The van der Waals surface area contributed by atoms with E-state index in [1.165, 1.54) is 0 Å². The Morgan fingerprint density at radius 3 is 2.68 bits per heavy atom. The lowest BCUT2D eigenvalue weighted by Crippen LogP contribution is -2.06. The number of hydrogen-bond acceptors (Lipinski definition) is 3. The minimum atomic E-state index is 0.518. The van der Waals surface area contributed by atoms with Crippen molar-refractivity contribution in [1.82, 2.24) is 9.78 Å². The largest absolute Gasteiger partial charge is 0.496 e. The molecule has 4 nitrogen and oxygen atoms in total. The summed E-state index contributed by atoms with van der Waals surface area (Å²) in [7, 11) is 1.60. The molecule has 1 aromatic heterocycles. The van der Waals surface area contributed by atoms with E-state index in [1.54, 1.807) is 25.3 Å². The molecule has 1 aromatic carbocycles. The van der Waals surface area contributed by atoms with Gasteiger partial charge in [0.25, 0.3) is 0 Å². The summed E-state index contributed by atoms with van der Waals surface area (Å²) in [6, 6.07) is 5.31. The van der Waals surface area contributed by atoms with Crippen molar-refractivity contribution >= 4 is 17.9 Å². The molecule has 0 atom stereocenters. The number of carbonyl (C=O) groups excluding carboxylic acids is 1. The third-order valence-electron chi connectivity index (χ3n) is 3.05. The number of methoxy groups -OCH3 is 1. The molecule has 2 aromatic rings. The summed E-state index contributed by atoms with van der Waals surface area (Å²) in [5, 5.41) is 5.05. The van der Waals surface area contributed by atoms with Crippen LogP contribution < -0.4 is 4.74 Å². The molecule has 0 unspecified atom stereocenters. The van der Waals surface area contributed by atoms with Crippen LogP contribution in [0.4, 0.5) is 0 Å². The zero-order valence-corrected chi connectivity index (χ0v) is 11.9. The van der Waals surface area contributed by atoms with Crippen molar-refractivity contribution in [1.29, 1.82) is 0 Å². The molecular formula is C14H15ClN2O2. The Labute approximate surface area is 116 Å². The van der Waals surface area contributed by atoms with Gasteiger partial charge < -0.3 is 4.74 Å². The van der Waals surface area contributed by atoms with Gasteiger partial charge in [0, 0.05) is 11.1 Å². The highest BCUT2D eigenvalue weighted by Crippen LogP contribution is 2.24. The zero-order valence-electron chi connectivity index (χ0n) is 11.1. The Balaban J connectivity index is 2.41. The molecule has 2 rings (SSSR count). The highest BCUT2D eigenvalue weighted by molar-refractivity contribution is 6.31. The van der Waals surface area contributed by atoms with E-state index in [-0.39, 0.29) is 0 Å². The molecule has 0 fully saturated rings. The van der Waals surface area contributed by atoms with Gasteiger partial charge in [0.15, 0.2) is 0 Å². The van der Waals surface area contributed by atoms with Gasteiger partial charge in [0.05, 0.1) is 30.1 Å². The molecule has 0 aliphatic rings. The SMILES string of the molecule is COc1ccc(C=O)cc1Cn1nc(C)c(Cl)c1C. The van der Waals surface area contributed by atoms with Crippen molar-refractivity contribution in [3.63, 3.8) is 0 Å². The number of nitrogens with zero attached hydrogens (tertiary/aromatic N) is 2. The molecule has 100 valence electrons. The first-order chi connectivity index (χ1) is 9.06. The van der Waals surface area contributed by atoms with Gasteiger partial charge in [-0.3, -0.25) is 9.48 Å². The molecule has 0 N–H and O–H groups in total. The van der Waals surface area contributed by atoms with Crippen molar-refractivity contribution in [2.45, 2.75) is 20.4 Å². The molecule has 0 radical (unpaired) electrons. The van der Waals surface area contributed by atoms with Gasteiger partial charge >= 0.3 is 0 Å². The van der Waals surface area contributed by atoms with E-state index in [1.807, 2.05) is 18.5 Å². The van der Waals surface area contributed by atoms with Gasteiger partial charge in [-0.2, -0.15) is 5.10 Å². The molecule has 0 bridgehead atoms. The number of halogens is 1. The second kappa shape index (κ2) is 5.45. The van der Waals surface area contributed by atoms with E-state index in [4.69, 9.17) is 16.3 Å². The van der Waals surface area contributed by atoms with Crippen LogP contribution in [0.15, 0.2) is 18.2 Å². The van der Waals surface area contributed by atoms with Gasteiger partial charge in [-0.05, 0) is 32.0 Å². The van der Waals surface area contributed by atoms with Crippen molar-refractivity contribution in [2.75, 3.05) is 7.11 Å². The van der Waals surface area contributed by atoms with Crippen LogP contribution in [-0.4, -0.2) is 23.2 Å². The second-order valence-corrected chi connectivity index (χ2v) is 4.71. The number of ether oxygens (including phenoxy) is 1. The Morgan fingerprint density at radius 2 is 2.16 bits per heavy atom. The average Bonchev–Trinajstić information content (AvgIpc) is 2.66. The van der Waals surface area contributed by atoms with E-state index < -0.39 is 0 Å². The fourth-order valence-corrected chi connectivity index (χ4v) is 2.12. The third kappa shape index (κ3) is 2.63. The number of hydrogen-bond donors (Lipinski definition) is 0. The van der Waals surface area contributed by atoms with Crippen LogP contribution >= 0.6 is 11.6 Å². The molecule has 0 aliphatic carbocycles. The number of rotatable bonds is 4. The first kappa shape index (κ1) is 13.6. The van der Waals surface area contributed by atoms with E-state index in [2.05, 4.69) is 5.10 Å². The average molecular weight is 279 g/mol. The summed E-state index contributed by atoms with van der Waals surface area (Å²) in [6.45, 7) is 4.30. The van der Waals surface area contributed by atoms with Crippen molar-refractivity contribution in [3.05, 3.63) is 45.7 Å². The summed E-state index contributed by atoms with van der Waals surface area (Å²) >= 11 is 6.13. The smallest absolute Gasteiger partial charge is 0.150 e. The topological polar surface area (TPSA) is 44.1 Å². The molecule has 5 heteroatoms. The van der Waals surface area contributed by atoms with Gasteiger partial charge in [0.1, 0.15) is 12.0 Å². The lowest BCUT2D eigenvalue weighted by Gasteiger charge is -2.10. The number of aryl methyl sites for hydroxylation is 1. The van der Waals surface area contributed by atoms with E-state index in [0.29, 0.717) is 17.1 Å². The van der Waals surface area contributed by atoms with Crippen LogP contribution in [0.2, 0.25) is 5.02 Å². The van der Waals surface area contributed by atoms with Gasteiger partial charge in [0.2, 0.25) is 0 Å². The molecule has 19 heavy (non-hydrogen) atoms. The normalized spacial score (nSPS) is 10.5. The quantitative estimate of drug-likeness (QED) is 0.808. The van der Waals surface area contributed by atoms with Crippen LogP contribution in [0.3, 0.4) is 0 Å². The molecule has 0 saturated heterocycles. The zero-order chi connectivity index (χ0) is 14.0. The van der Waals surface area contributed by atoms with Crippen molar-refractivity contribution in [2.24, 2.45) is 0 Å². The standard InChI is InChI=1S/C14H15ClN2O2/c1-9-14(15)10(2)17(16-9)7-12-6-11(8-18)4-5-13(12)19-3/h4-6,8H,7H2,1-3H3. The predicted octanol–water partition coefficient (Wildman–Crippen LogP) is 3.02. The predicted molar refractivity (Wildman–Crippen MR) is 74.2 cm³/mol. The number of carbonyl (C=O) groups is 1. The Kier molecular flexibility index (Phi) is 3.90. The maximum absolute atomic E-state index is 10.9. The molecule has 0 spiro atoms. The monoisotopic (exact) mass is 278 g/mol. The molecule has 1 heterocycles. The first-order valence-electron chi connectivity index (χ1n) is 5.88. The molecule has 0 saturated carbocycles. The van der Waals surface area contributed by atoms with Crippen LogP contribution in [0.1, 0.15) is 27.3 Å². The van der Waals surface area contributed by atoms with Gasteiger partial charge in [-0.15, -0.1) is 0 Å². The van der Waals surface area contributed by atoms with Crippen LogP contribution in [-0.2, 0) is 6.54 Å². The molecular weight excluding hydrogens is 264 g/mol. The lowest BCUT2D eigenvalue weighted by molar-refractivity contribution is 0.112. The summed E-state index contributed by atoms with van der Waals surface area (Å²) in [6.07, 6.45) is 0.817. The summed E-state index contributed by atoms with van der Waals surface area (Å²) in [4.78, 5) is 10.9. The van der Waals surface area contributed by atoms with Crippen LogP contribution in [0.5, 0.6) is 5.75 Å². The fourth-order valence-electron chi connectivity index (χ4n) is 1.99. The van der Waals surface area contributed by atoms with E-state index in [9.17, 15) is 4.79 Å². The minimum Gasteiger partial charge on any atom is -0.496 e. The highest BCUT2D eigenvalue weighted by atomic mass is 35.5. The summed E-state index contributed by atoms with van der Waals surface area (Å²) in [5.74, 6) is 0.731. The first-order valence-corrected chi connectivity index (χ1v) is 6.26. The van der Waals surface area contributed by atoms with Crippen molar-refractivity contribution < 1.29 is 9.53 Å². The van der Waals surface area contributed by atoms with Crippen LogP contribution in [0, 0.1) is 13.8 Å². The Hall–Kier alpha value is -1.81. The van der Waals surface area contributed by atoms with Crippen LogP contribution in [0.25, 0.3) is 0 Å². The van der Waals surface area contributed by atoms with E-state index in [0.717, 1.165) is 29.0 Å². The number of aromatic nitrogens is 2. The number of aldehydes is 1. The molecule has 0 amide bonds. The summed E-state index contributed by atoms with van der Waals surface area (Å²) < 4.78 is 7.11. The minimum absolute atomic E-state index is 0.518. The van der Waals surface area contributed by atoms with Gasteiger partial charge in [-0.1, -0.05) is 11.6 Å². The van der Waals surface area contributed by atoms with Crippen molar-refractivity contribution in [3.8, 4) is 5.75 Å². The van der Waals surface area contributed by atoms with Gasteiger partial charge in [-0.25, -0.2) is 0 Å². The second-order valence-electron chi connectivity index (χ2n) is 4.33. The Bertz CT molecular complexity index is 620. The highest BCUT2D eigenvalue weighted by Gasteiger charge is 2.12. The molecule has 0 aliphatic heterocycles. The summed E-state index contributed by atoms with van der Waals surface area (Å²) in [5.41, 5.74) is 3.21. The Morgan fingerprint density at radius 1 is 1.42 bits per heavy atom. The lowest BCUT2D eigenvalue weighted by atomic mass is 10.1.